The van der Waals surface area contributed by atoms with Gasteiger partial charge in [-0.05, 0) is 90.7 Å². The summed E-state index contributed by atoms with van der Waals surface area (Å²) in [7, 11) is 0. The summed E-state index contributed by atoms with van der Waals surface area (Å²) in [5.74, 6) is -0.0459. The number of aromatic amines is 1. The molecule has 3 heteroatoms. The van der Waals surface area contributed by atoms with Gasteiger partial charge in [0.2, 0.25) is 5.91 Å². The van der Waals surface area contributed by atoms with Gasteiger partial charge in [0.15, 0.2) is 0 Å². The van der Waals surface area contributed by atoms with Crippen LogP contribution in [0.5, 0.6) is 0 Å². The van der Waals surface area contributed by atoms with E-state index in [2.05, 4.69) is 60.5 Å². The summed E-state index contributed by atoms with van der Waals surface area (Å²) in [6.07, 6.45) is 3.95. The van der Waals surface area contributed by atoms with Crippen LogP contribution < -0.4 is 5.32 Å². The second-order valence-corrected chi connectivity index (χ2v) is 8.24. The topological polar surface area (TPSA) is 44.9 Å². The summed E-state index contributed by atoms with van der Waals surface area (Å²) in [4.78, 5) is 16.0. The average Bonchev–Trinajstić information content (AvgIpc) is 3.24. The Bertz CT molecular complexity index is 1260. The van der Waals surface area contributed by atoms with Gasteiger partial charge in [-0.2, -0.15) is 0 Å². The van der Waals surface area contributed by atoms with E-state index >= 15 is 0 Å². The number of fused-ring (bicyclic) bond motifs is 1. The van der Waals surface area contributed by atoms with E-state index in [9.17, 15) is 4.79 Å². The molecule has 31 heavy (non-hydrogen) atoms. The third-order valence-electron chi connectivity index (χ3n) is 5.85. The Kier molecular flexibility index (Phi) is 5.77. The molecule has 0 aliphatic rings. The minimum atomic E-state index is -0.0459. The molecule has 1 amide bonds. The lowest BCUT2D eigenvalue weighted by Crippen LogP contribution is -2.27. The van der Waals surface area contributed by atoms with Crippen molar-refractivity contribution in [2.45, 2.75) is 33.7 Å². The molecule has 1 heterocycles. The van der Waals surface area contributed by atoms with E-state index in [4.69, 9.17) is 0 Å². The Morgan fingerprint density at radius 1 is 0.968 bits per heavy atom. The molecule has 0 saturated carbocycles. The highest BCUT2D eigenvalue weighted by Crippen LogP contribution is 2.30. The number of benzene rings is 3. The van der Waals surface area contributed by atoms with Crippen molar-refractivity contribution in [2.75, 3.05) is 0 Å². The Balaban J connectivity index is 1.57. The monoisotopic (exact) mass is 408 g/mol. The number of carbonyl (C=O) groups excluding carboxylic acids is 1. The van der Waals surface area contributed by atoms with Gasteiger partial charge in [0, 0.05) is 17.3 Å². The Morgan fingerprint density at radius 2 is 1.74 bits per heavy atom. The number of hydrogen-bond donors (Lipinski definition) is 2. The van der Waals surface area contributed by atoms with Gasteiger partial charge in [0.1, 0.15) is 0 Å². The number of nitrogens with one attached hydrogen (secondary N) is 2. The van der Waals surface area contributed by atoms with Gasteiger partial charge < -0.3 is 10.3 Å². The van der Waals surface area contributed by atoms with E-state index < -0.39 is 0 Å². The lowest BCUT2D eigenvalue weighted by molar-refractivity contribution is -0.118. The van der Waals surface area contributed by atoms with Crippen LogP contribution in [0.2, 0.25) is 0 Å². The lowest BCUT2D eigenvalue weighted by atomic mass is 9.93. The molecule has 0 unspecified atom stereocenters. The number of carbonyl (C=O) groups is 1. The second kappa shape index (κ2) is 8.65. The fourth-order valence-electron chi connectivity index (χ4n) is 3.96. The maximum absolute atomic E-state index is 12.7. The van der Waals surface area contributed by atoms with Gasteiger partial charge in [-0.3, -0.25) is 4.79 Å². The van der Waals surface area contributed by atoms with Crippen molar-refractivity contribution in [1.82, 2.24) is 10.3 Å². The van der Waals surface area contributed by atoms with Crippen molar-refractivity contribution in [3.63, 3.8) is 0 Å². The number of aromatic nitrogens is 1. The fraction of sp³-hybridized carbons (Fsp3) is 0.179. The van der Waals surface area contributed by atoms with Crippen molar-refractivity contribution >= 4 is 22.9 Å². The fourth-order valence-corrected chi connectivity index (χ4v) is 3.96. The van der Waals surface area contributed by atoms with Gasteiger partial charge in [-0.15, -0.1) is 0 Å². The van der Waals surface area contributed by atoms with Crippen LogP contribution in [0.25, 0.3) is 28.1 Å². The second-order valence-electron chi connectivity index (χ2n) is 8.24. The van der Waals surface area contributed by atoms with Gasteiger partial charge in [0.05, 0.1) is 6.04 Å². The number of amides is 1. The zero-order valence-electron chi connectivity index (χ0n) is 18.5. The molecule has 3 aromatic carbocycles. The molecule has 0 saturated heterocycles. The number of aryl methyl sites for hydroxylation is 2. The summed E-state index contributed by atoms with van der Waals surface area (Å²) in [5.41, 5.74) is 8.78. The van der Waals surface area contributed by atoms with Gasteiger partial charge in [-0.25, -0.2) is 0 Å². The van der Waals surface area contributed by atoms with Crippen LogP contribution in [0.3, 0.4) is 0 Å². The highest BCUT2D eigenvalue weighted by Gasteiger charge is 2.12. The Morgan fingerprint density at radius 3 is 2.52 bits per heavy atom. The highest BCUT2D eigenvalue weighted by atomic mass is 16.1. The SMILES string of the molecule is C/C(=C\c1cc(C)c(-c2ccc3[nH]ccc3c2)cc1C)C(=O)N[C@H](C)c1ccccc1. The van der Waals surface area contributed by atoms with Gasteiger partial charge in [-0.1, -0.05) is 48.5 Å². The molecule has 0 aliphatic heterocycles. The number of hydrogen-bond acceptors (Lipinski definition) is 1. The third-order valence-corrected chi connectivity index (χ3v) is 5.85. The van der Waals surface area contributed by atoms with Crippen LogP contribution in [-0.2, 0) is 4.79 Å². The summed E-state index contributed by atoms with van der Waals surface area (Å²) in [6.45, 7) is 8.10. The van der Waals surface area contributed by atoms with Crippen LogP contribution in [0.1, 0.15) is 42.1 Å². The van der Waals surface area contributed by atoms with E-state index in [-0.39, 0.29) is 11.9 Å². The molecule has 0 radical (unpaired) electrons. The van der Waals surface area contributed by atoms with Crippen LogP contribution in [0, 0.1) is 13.8 Å². The lowest BCUT2D eigenvalue weighted by Gasteiger charge is -2.15. The Labute approximate surface area is 183 Å². The first kappa shape index (κ1) is 20.7. The molecule has 4 rings (SSSR count). The molecule has 0 spiro atoms. The minimum Gasteiger partial charge on any atom is -0.361 e. The quantitative estimate of drug-likeness (QED) is 0.353. The van der Waals surface area contributed by atoms with Crippen LogP contribution in [-0.4, -0.2) is 10.9 Å². The maximum Gasteiger partial charge on any atom is 0.247 e. The molecule has 2 N–H and O–H groups in total. The maximum atomic E-state index is 12.7. The molecular formula is C28H28N2O. The minimum absolute atomic E-state index is 0.0365. The zero-order valence-corrected chi connectivity index (χ0v) is 18.5. The first-order valence-electron chi connectivity index (χ1n) is 10.7. The molecule has 1 aromatic heterocycles. The van der Waals surface area contributed by atoms with E-state index in [1.165, 1.54) is 22.1 Å². The van der Waals surface area contributed by atoms with E-state index in [0.29, 0.717) is 5.57 Å². The molecule has 0 aliphatic carbocycles. The van der Waals surface area contributed by atoms with Crippen molar-refractivity contribution in [1.29, 1.82) is 0 Å². The highest BCUT2D eigenvalue weighted by molar-refractivity contribution is 5.97. The molecule has 4 aromatic rings. The van der Waals surface area contributed by atoms with Crippen molar-refractivity contribution < 1.29 is 4.79 Å². The molecule has 1 atom stereocenters. The first-order valence-corrected chi connectivity index (χ1v) is 10.7. The van der Waals surface area contributed by atoms with Crippen LogP contribution in [0.15, 0.2) is 78.5 Å². The van der Waals surface area contributed by atoms with E-state index in [1.54, 1.807) is 0 Å². The average molecular weight is 409 g/mol. The predicted octanol–water partition coefficient (Wildman–Crippen LogP) is 6.73. The first-order chi connectivity index (χ1) is 14.9. The van der Waals surface area contributed by atoms with Crippen LogP contribution in [0.4, 0.5) is 0 Å². The standard InChI is InChI=1S/C28H28N2O/c1-18-16-26(23-10-11-27-24(17-23)12-13-29-27)19(2)14-25(18)15-20(3)28(31)30-21(4)22-8-6-5-7-9-22/h5-17,21,29H,1-4H3,(H,30,31)/b20-15+/t21-/m1/s1. The molecule has 0 bridgehead atoms. The normalized spacial score (nSPS) is 12.7. The molecule has 156 valence electrons. The molecular weight excluding hydrogens is 380 g/mol. The number of H-pyrrole nitrogens is 1. The Hall–Kier alpha value is -3.59. The van der Waals surface area contributed by atoms with Crippen molar-refractivity contribution in [3.05, 3.63) is 101 Å². The third kappa shape index (κ3) is 4.46. The largest absolute Gasteiger partial charge is 0.361 e. The molecule has 3 nitrogen and oxygen atoms in total. The zero-order chi connectivity index (χ0) is 22.0. The number of rotatable bonds is 5. The van der Waals surface area contributed by atoms with E-state index in [1.807, 2.05) is 56.5 Å². The van der Waals surface area contributed by atoms with Crippen LogP contribution >= 0.6 is 0 Å². The van der Waals surface area contributed by atoms with Gasteiger partial charge in [0.25, 0.3) is 0 Å². The van der Waals surface area contributed by atoms with E-state index in [0.717, 1.165) is 22.2 Å². The summed E-state index contributed by atoms with van der Waals surface area (Å²) < 4.78 is 0. The molecule has 0 fully saturated rings. The summed E-state index contributed by atoms with van der Waals surface area (Å²) >= 11 is 0. The van der Waals surface area contributed by atoms with Crippen molar-refractivity contribution in [2.24, 2.45) is 0 Å². The predicted molar refractivity (Wildman–Crippen MR) is 130 cm³/mol. The summed E-state index contributed by atoms with van der Waals surface area (Å²) in [5, 5.41) is 4.30. The summed E-state index contributed by atoms with van der Waals surface area (Å²) in [6, 6.07) is 22.9. The van der Waals surface area contributed by atoms with Crippen molar-refractivity contribution in [3.8, 4) is 11.1 Å². The van der Waals surface area contributed by atoms with Gasteiger partial charge >= 0.3 is 0 Å². The smallest absolute Gasteiger partial charge is 0.247 e.